The fourth-order valence-electron chi connectivity index (χ4n) is 4.92. The van der Waals surface area contributed by atoms with Gasteiger partial charge in [-0.2, -0.15) is 0 Å². The molecule has 0 aromatic rings. The molecule has 3 nitrogen and oxygen atoms in total. The number of aliphatic hydroxyl groups is 2. The van der Waals surface area contributed by atoms with Gasteiger partial charge in [0.1, 0.15) is 5.60 Å². The molecule has 2 saturated heterocycles. The molecule has 4 fully saturated rings. The van der Waals surface area contributed by atoms with Crippen LogP contribution in [0, 0.1) is 11.3 Å². The Kier molecular flexibility index (Phi) is 2.37. The molecule has 0 aromatic carbocycles. The maximum absolute atomic E-state index is 10.9. The lowest BCUT2D eigenvalue weighted by Crippen LogP contribution is -2.78. The Bertz CT molecular complexity index is 380. The third kappa shape index (κ3) is 1.21. The molecule has 18 heavy (non-hydrogen) atoms. The van der Waals surface area contributed by atoms with Crippen LogP contribution in [-0.4, -0.2) is 33.1 Å². The number of hydrogen-bond acceptors (Lipinski definition) is 3. The van der Waals surface area contributed by atoms with E-state index in [0.29, 0.717) is 5.92 Å². The average molecular weight is 254 g/mol. The zero-order chi connectivity index (χ0) is 13.4. The molecule has 1 spiro atoms. The standard InChI is InChI=1S/C15H26O3/c1-10-5-6-11(16)15-8-7-14(17,9-13(10,15)4)12(2,3)18-15/h10-11,16-17H,5-9H2,1-4H3/t10-,11-,13+,14+,15-/m1/s1. The molecule has 2 aliphatic heterocycles. The maximum atomic E-state index is 10.9. The van der Waals surface area contributed by atoms with Crippen LogP contribution in [0.5, 0.6) is 0 Å². The van der Waals surface area contributed by atoms with E-state index in [0.717, 1.165) is 32.1 Å². The van der Waals surface area contributed by atoms with Crippen LogP contribution in [0.1, 0.15) is 59.8 Å². The summed E-state index contributed by atoms with van der Waals surface area (Å²) in [6.45, 7) is 8.40. The third-order valence-corrected chi connectivity index (χ3v) is 6.59. The summed E-state index contributed by atoms with van der Waals surface area (Å²) in [5.74, 6) is 0.490. The Morgan fingerprint density at radius 2 is 1.78 bits per heavy atom. The van der Waals surface area contributed by atoms with Gasteiger partial charge in [0.25, 0.3) is 0 Å². The Hall–Kier alpha value is -0.120. The summed E-state index contributed by atoms with van der Waals surface area (Å²) in [7, 11) is 0. The van der Waals surface area contributed by atoms with E-state index < -0.39 is 16.8 Å². The molecule has 3 heteroatoms. The molecule has 2 bridgehead atoms. The van der Waals surface area contributed by atoms with Crippen molar-refractivity contribution in [2.75, 3.05) is 0 Å². The van der Waals surface area contributed by atoms with Crippen molar-refractivity contribution in [3.63, 3.8) is 0 Å². The number of aliphatic hydroxyl groups excluding tert-OH is 1. The van der Waals surface area contributed by atoms with Crippen LogP contribution < -0.4 is 0 Å². The monoisotopic (exact) mass is 254 g/mol. The van der Waals surface area contributed by atoms with Crippen molar-refractivity contribution in [1.29, 1.82) is 0 Å². The summed E-state index contributed by atoms with van der Waals surface area (Å²) in [6, 6.07) is 0. The van der Waals surface area contributed by atoms with E-state index in [1.54, 1.807) is 0 Å². The van der Waals surface area contributed by atoms with Crippen molar-refractivity contribution >= 4 is 0 Å². The van der Waals surface area contributed by atoms with Crippen LogP contribution in [0.15, 0.2) is 0 Å². The zero-order valence-electron chi connectivity index (χ0n) is 12.0. The summed E-state index contributed by atoms with van der Waals surface area (Å²) in [4.78, 5) is 0. The molecule has 0 unspecified atom stereocenters. The maximum Gasteiger partial charge on any atom is 0.101 e. The van der Waals surface area contributed by atoms with E-state index in [2.05, 4.69) is 13.8 Å². The Morgan fingerprint density at radius 3 is 2.39 bits per heavy atom. The second-order valence-corrected chi connectivity index (χ2v) is 7.62. The lowest BCUT2D eigenvalue weighted by atomic mass is 9.45. The number of fused-ring (bicyclic) bond motifs is 2. The summed E-state index contributed by atoms with van der Waals surface area (Å²) >= 11 is 0. The predicted molar refractivity (Wildman–Crippen MR) is 69.2 cm³/mol. The normalized spacial score (nSPS) is 58.3. The number of hydrogen-bond donors (Lipinski definition) is 2. The predicted octanol–water partition coefficient (Wildman–Crippen LogP) is 2.25. The lowest BCUT2D eigenvalue weighted by Gasteiger charge is -2.71. The van der Waals surface area contributed by atoms with Crippen LogP contribution in [0.25, 0.3) is 0 Å². The van der Waals surface area contributed by atoms with E-state index in [1.165, 1.54) is 0 Å². The molecule has 2 N–H and O–H groups in total. The molecule has 0 radical (unpaired) electrons. The molecule has 4 rings (SSSR count). The van der Waals surface area contributed by atoms with Crippen molar-refractivity contribution < 1.29 is 14.9 Å². The van der Waals surface area contributed by atoms with Gasteiger partial charge in [-0.1, -0.05) is 13.8 Å². The highest BCUT2D eigenvalue weighted by Gasteiger charge is 2.72. The van der Waals surface area contributed by atoms with E-state index in [1.807, 2.05) is 13.8 Å². The van der Waals surface area contributed by atoms with E-state index in [4.69, 9.17) is 4.74 Å². The fourth-order valence-corrected chi connectivity index (χ4v) is 4.92. The highest BCUT2D eigenvalue weighted by molar-refractivity contribution is 5.21. The topological polar surface area (TPSA) is 49.7 Å². The second kappa shape index (κ2) is 3.31. The van der Waals surface area contributed by atoms with Gasteiger partial charge in [-0.05, 0) is 51.9 Å². The van der Waals surface area contributed by atoms with Crippen LogP contribution in [0.2, 0.25) is 0 Å². The molecule has 104 valence electrons. The number of ether oxygens (including phenoxy) is 1. The Morgan fingerprint density at radius 1 is 1.11 bits per heavy atom. The highest BCUT2D eigenvalue weighted by atomic mass is 16.6. The number of rotatable bonds is 0. The molecule has 4 aliphatic rings. The average Bonchev–Trinajstić information content (AvgIpc) is 2.26. The summed E-state index contributed by atoms with van der Waals surface area (Å²) < 4.78 is 6.35. The van der Waals surface area contributed by atoms with Gasteiger partial charge in [0, 0.05) is 5.41 Å². The summed E-state index contributed by atoms with van der Waals surface area (Å²) in [5.41, 5.74) is -1.84. The molecular formula is C15H26O3. The summed E-state index contributed by atoms with van der Waals surface area (Å²) in [6.07, 6.45) is 3.76. The van der Waals surface area contributed by atoms with Gasteiger partial charge in [-0.15, -0.1) is 0 Å². The van der Waals surface area contributed by atoms with Crippen LogP contribution >= 0.6 is 0 Å². The first-order valence-electron chi connectivity index (χ1n) is 7.28. The minimum atomic E-state index is -0.741. The van der Waals surface area contributed by atoms with Crippen LogP contribution in [0.4, 0.5) is 0 Å². The molecular weight excluding hydrogens is 228 g/mol. The third-order valence-electron chi connectivity index (χ3n) is 6.59. The largest absolute Gasteiger partial charge is 0.390 e. The Labute approximate surface area is 110 Å². The minimum absolute atomic E-state index is 0.104. The van der Waals surface area contributed by atoms with Crippen molar-refractivity contribution in [2.45, 2.75) is 82.7 Å². The first kappa shape index (κ1) is 12.9. The molecule has 2 heterocycles. The quantitative estimate of drug-likeness (QED) is 0.697. The zero-order valence-corrected chi connectivity index (χ0v) is 12.0. The van der Waals surface area contributed by atoms with Gasteiger partial charge in [0.15, 0.2) is 0 Å². The minimum Gasteiger partial charge on any atom is -0.390 e. The van der Waals surface area contributed by atoms with Gasteiger partial charge in [0.2, 0.25) is 0 Å². The van der Waals surface area contributed by atoms with E-state index >= 15 is 0 Å². The smallest absolute Gasteiger partial charge is 0.101 e. The SMILES string of the molecule is C[C@@H]1CC[C@@H](O)[C@]23CC[C@](O)(C[C@@]12C)C(C)(C)O3. The van der Waals surface area contributed by atoms with Crippen molar-refractivity contribution in [1.82, 2.24) is 0 Å². The van der Waals surface area contributed by atoms with Gasteiger partial charge in [-0.25, -0.2) is 0 Å². The molecule has 0 aromatic heterocycles. The first-order valence-corrected chi connectivity index (χ1v) is 7.28. The van der Waals surface area contributed by atoms with Crippen molar-refractivity contribution in [3.8, 4) is 0 Å². The highest BCUT2D eigenvalue weighted by Crippen LogP contribution is 2.66. The van der Waals surface area contributed by atoms with Crippen molar-refractivity contribution in [3.05, 3.63) is 0 Å². The van der Waals surface area contributed by atoms with Gasteiger partial charge >= 0.3 is 0 Å². The molecule has 0 amide bonds. The fraction of sp³-hybridized carbons (Fsp3) is 1.00. The van der Waals surface area contributed by atoms with E-state index in [-0.39, 0.29) is 11.5 Å². The van der Waals surface area contributed by atoms with E-state index in [9.17, 15) is 10.2 Å². The van der Waals surface area contributed by atoms with Crippen molar-refractivity contribution in [2.24, 2.45) is 11.3 Å². The van der Waals surface area contributed by atoms with Crippen LogP contribution in [0.3, 0.4) is 0 Å². The summed E-state index contributed by atoms with van der Waals surface area (Å²) in [5, 5.41) is 21.5. The van der Waals surface area contributed by atoms with Crippen LogP contribution in [-0.2, 0) is 4.74 Å². The van der Waals surface area contributed by atoms with Gasteiger partial charge in [-0.3, -0.25) is 0 Å². The molecule has 2 aliphatic carbocycles. The lowest BCUT2D eigenvalue weighted by molar-refractivity contribution is -0.386. The second-order valence-electron chi connectivity index (χ2n) is 7.62. The first-order chi connectivity index (χ1) is 8.17. The van der Waals surface area contributed by atoms with Gasteiger partial charge < -0.3 is 14.9 Å². The molecule has 2 saturated carbocycles. The Balaban J connectivity index is 2.12. The van der Waals surface area contributed by atoms with Gasteiger partial charge in [0.05, 0.1) is 17.3 Å². The molecule has 5 atom stereocenters.